The maximum Gasteiger partial charge on any atom is 0.307 e. The second kappa shape index (κ2) is 6.79. The molecule has 0 spiro atoms. The van der Waals surface area contributed by atoms with Crippen molar-refractivity contribution in [2.45, 2.75) is 26.3 Å². The Bertz CT molecular complexity index is 865. The summed E-state index contributed by atoms with van der Waals surface area (Å²) in [5.74, 6) is -0.0695. The second-order valence-electron chi connectivity index (χ2n) is 5.80. The Morgan fingerprint density at radius 2 is 1.92 bits per heavy atom. The lowest BCUT2D eigenvalue weighted by Crippen LogP contribution is -2.07. The highest BCUT2D eigenvalue weighted by Gasteiger charge is 2.18. The molecule has 0 fully saturated rings. The summed E-state index contributed by atoms with van der Waals surface area (Å²) in [5, 5.41) is 10.3. The highest BCUT2D eigenvalue weighted by atomic mass is 16.5. The quantitative estimate of drug-likeness (QED) is 0.749. The number of rotatable bonds is 6. The van der Waals surface area contributed by atoms with Gasteiger partial charge >= 0.3 is 5.97 Å². The molecule has 0 bridgehead atoms. The Labute approximate surface area is 141 Å². The molecule has 0 aliphatic heterocycles. The number of hydrogen-bond donors (Lipinski definition) is 1. The Morgan fingerprint density at radius 3 is 2.54 bits per heavy atom. The van der Waals surface area contributed by atoms with Gasteiger partial charge in [0.05, 0.1) is 13.5 Å². The van der Waals surface area contributed by atoms with E-state index in [0.29, 0.717) is 0 Å². The number of ether oxygens (including phenoxy) is 1. The number of aromatic nitrogens is 1. The van der Waals surface area contributed by atoms with Gasteiger partial charge in [0.15, 0.2) is 0 Å². The first kappa shape index (κ1) is 16.1. The van der Waals surface area contributed by atoms with Crippen molar-refractivity contribution < 1.29 is 14.6 Å². The first-order chi connectivity index (χ1) is 11.6. The molecule has 3 aromatic rings. The van der Waals surface area contributed by atoms with E-state index < -0.39 is 5.97 Å². The van der Waals surface area contributed by atoms with Crippen molar-refractivity contribution in [3.63, 3.8) is 0 Å². The van der Waals surface area contributed by atoms with E-state index in [1.807, 2.05) is 36.4 Å². The summed E-state index contributed by atoms with van der Waals surface area (Å²) in [5.41, 5.74) is 4.20. The van der Waals surface area contributed by atoms with Crippen molar-refractivity contribution in [3.8, 4) is 5.75 Å². The average Bonchev–Trinajstić information content (AvgIpc) is 2.87. The number of benzene rings is 2. The molecule has 0 atom stereocenters. The van der Waals surface area contributed by atoms with Gasteiger partial charge in [-0.05, 0) is 35.7 Å². The molecule has 124 valence electrons. The molecule has 4 nitrogen and oxygen atoms in total. The van der Waals surface area contributed by atoms with Crippen molar-refractivity contribution in [2.75, 3.05) is 7.11 Å². The average molecular weight is 323 g/mol. The molecule has 1 aromatic heterocycles. The molecule has 0 saturated carbocycles. The van der Waals surface area contributed by atoms with Gasteiger partial charge in [0, 0.05) is 23.1 Å². The van der Waals surface area contributed by atoms with Crippen LogP contribution < -0.4 is 4.74 Å². The van der Waals surface area contributed by atoms with E-state index in [9.17, 15) is 9.90 Å². The monoisotopic (exact) mass is 323 g/mol. The number of carboxylic acids is 1. The van der Waals surface area contributed by atoms with Crippen LogP contribution in [0.5, 0.6) is 5.75 Å². The van der Waals surface area contributed by atoms with Gasteiger partial charge in [0.25, 0.3) is 0 Å². The maximum atomic E-state index is 11.4. The molecule has 1 N–H and O–H groups in total. The minimum absolute atomic E-state index is 0.0225. The summed E-state index contributed by atoms with van der Waals surface area (Å²) in [6, 6.07) is 16.1. The molecule has 2 aromatic carbocycles. The third-order valence-electron chi connectivity index (χ3n) is 4.34. The molecule has 0 unspecified atom stereocenters. The van der Waals surface area contributed by atoms with Gasteiger partial charge in [-0.15, -0.1) is 0 Å². The minimum atomic E-state index is -0.814. The summed E-state index contributed by atoms with van der Waals surface area (Å²) in [6.45, 7) is 2.80. The van der Waals surface area contributed by atoms with Crippen LogP contribution in [0.25, 0.3) is 10.9 Å². The molecule has 24 heavy (non-hydrogen) atoms. The van der Waals surface area contributed by atoms with Gasteiger partial charge in [-0.1, -0.05) is 37.3 Å². The zero-order valence-corrected chi connectivity index (χ0v) is 14.0. The Balaban J connectivity index is 2.21. The zero-order chi connectivity index (χ0) is 17.1. The van der Waals surface area contributed by atoms with E-state index in [2.05, 4.69) is 23.6 Å². The summed E-state index contributed by atoms with van der Waals surface area (Å²) >= 11 is 0. The third-order valence-corrected chi connectivity index (χ3v) is 4.34. The van der Waals surface area contributed by atoms with Gasteiger partial charge in [0.2, 0.25) is 0 Å². The molecule has 0 amide bonds. The molecular weight excluding hydrogens is 302 g/mol. The fourth-order valence-corrected chi connectivity index (χ4v) is 3.28. The van der Waals surface area contributed by atoms with Crippen molar-refractivity contribution >= 4 is 16.9 Å². The van der Waals surface area contributed by atoms with Crippen molar-refractivity contribution in [2.24, 2.45) is 0 Å². The highest BCUT2D eigenvalue weighted by Crippen LogP contribution is 2.31. The molecule has 0 aliphatic rings. The summed E-state index contributed by atoms with van der Waals surface area (Å²) in [4.78, 5) is 11.4. The Morgan fingerprint density at radius 1 is 1.17 bits per heavy atom. The van der Waals surface area contributed by atoms with E-state index in [1.54, 1.807) is 7.11 Å². The molecule has 3 rings (SSSR count). The summed E-state index contributed by atoms with van der Waals surface area (Å²) in [7, 11) is 1.62. The summed E-state index contributed by atoms with van der Waals surface area (Å²) < 4.78 is 7.55. The van der Waals surface area contributed by atoms with E-state index >= 15 is 0 Å². The number of hydrogen-bond acceptors (Lipinski definition) is 2. The second-order valence-corrected chi connectivity index (χ2v) is 5.80. The van der Waals surface area contributed by atoms with Gasteiger partial charge < -0.3 is 14.4 Å². The smallest absolute Gasteiger partial charge is 0.307 e. The summed E-state index contributed by atoms with van der Waals surface area (Å²) in [6.07, 6.45) is 0.807. The number of fused-ring (bicyclic) bond motifs is 1. The standard InChI is InChI=1S/C20H21NO3/c1-3-18-17(12-20(22)23)16-11-15(24-2)9-10-19(16)21(18)13-14-7-5-4-6-8-14/h4-11H,3,12-13H2,1-2H3,(H,22,23). The van der Waals surface area contributed by atoms with Crippen molar-refractivity contribution in [1.29, 1.82) is 0 Å². The zero-order valence-electron chi connectivity index (χ0n) is 14.0. The van der Waals surface area contributed by atoms with Crippen LogP contribution in [-0.2, 0) is 24.2 Å². The first-order valence-corrected chi connectivity index (χ1v) is 8.07. The SMILES string of the molecule is CCc1c(CC(=O)O)c2cc(OC)ccc2n1Cc1ccccc1. The van der Waals surface area contributed by atoms with Crippen LogP contribution in [0, 0.1) is 0 Å². The van der Waals surface area contributed by atoms with Gasteiger partial charge in [-0.25, -0.2) is 0 Å². The fourth-order valence-electron chi connectivity index (χ4n) is 3.28. The molecule has 0 aliphatic carbocycles. The predicted molar refractivity (Wildman–Crippen MR) is 94.8 cm³/mol. The van der Waals surface area contributed by atoms with Crippen LogP contribution in [0.4, 0.5) is 0 Å². The molecule has 0 radical (unpaired) electrons. The maximum absolute atomic E-state index is 11.4. The lowest BCUT2D eigenvalue weighted by atomic mass is 10.1. The first-order valence-electron chi connectivity index (χ1n) is 8.07. The predicted octanol–water partition coefficient (Wildman–Crippen LogP) is 3.89. The lowest BCUT2D eigenvalue weighted by Gasteiger charge is -2.11. The van der Waals surface area contributed by atoms with Crippen molar-refractivity contribution in [3.05, 3.63) is 65.4 Å². The van der Waals surface area contributed by atoms with E-state index in [1.165, 1.54) is 5.56 Å². The molecule has 1 heterocycles. The van der Waals surface area contributed by atoms with Crippen LogP contribution in [0.1, 0.15) is 23.7 Å². The number of nitrogens with zero attached hydrogens (tertiary/aromatic N) is 1. The van der Waals surface area contributed by atoms with E-state index in [0.717, 1.165) is 40.9 Å². The van der Waals surface area contributed by atoms with E-state index in [4.69, 9.17) is 4.74 Å². The van der Waals surface area contributed by atoms with E-state index in [-0.39, 0.29) is 6.42 Å². The Kier molecular flexibility index (Phi) is 4.56. The third kappa shape index (κ3) is 3.00. The van der Waals surface area contributed by atoms with Gasteiger partial charge in [-0.3, -0.25) is 4.79 Å². The highest BCUT2D eigenvalue weighted by molar-refractivity contribution is 5.90. The number of aliphatic carboxylic acids is 1. The molecule has 0 saturated heterocycles. The number of carbonyl (C=O) groups is 1. The molecule has 4 heteroatoms. The van der Waals surface area contributed by atoms with Gasteiger partial charge in [-0.2, -0.15) is 0 Å². The van der Waals surface area contributed by atoms with Gasteiger partial charge in [0.1, 0.15) is 5.75 Å². The molecular formula is C20H21NO3. The largest absolute Gasteiger partial charge is 0.497 e. The number of methoxy groups -OCH3 is 1. The van der Waals surface area contributed by atoms with Crippen LogP contribution >= 0.6 is 0 Å². The minimum Gasteiger partial charge on any atom is -0.497 e. The topological polar surface area (TPSA) is 51.5 Å². The Hall–Kier alpha value is -2.75. The van der Waals surface area contributed by atoms with Crippen LogP contribution in [0.2, 0.25) is 0 Å². The van der Waals surface area contributed by atoms with Crippen LogP contribution in [0.15, 0.2) is 48.5 Å². The lowest BCUT2D eigenvalue weighted by molar-refractivity contribution is -0.136. The van der Waals surface area contributed by atoms with Crippen LogP contribution in [-0.4, -0.2) is 22.8 Å². The van der Waals surface area contributed by atoms with Crippen molar-refractivity contribution in [1.82, 2.24) is 4.57 Å². The fraction of sp³-hybridized carbons (Fsp3) is 0.250. The number of carboxylic acid groups (broad SMARTS) is 1. The normalized spacial score (nSPS) is 10.9. The van der Waals surface area contributed by atoms with Crippen LogP contribution in [0.3, 0.4) is 0 Å².